The summed E-state index contributed by atoms with van der Waals surface area (Å²) in [5.41, 5.74) is 8.33. The van der Waals surface area contributed by atoms with Crippen molar-refractivity contribution in [3.8, 4) is 0 Å². The Kier molecular flexibility index (Phi) is 7.70. The molecular formula is C27H33N7O3. The van der Waals surface area contributed by atoms with Crippen molar-refractivity contribution in [1.29, 1.82) is 5.41 Å². The maximum Gasteiger partial charge on any atom is 0.319 e. The van der Waals surface area contributed by atoms with Crippen LogP contribution in [0.5, 0.6) is 0 Å². The minimum absolute atomic E-state index is 0.0275. The van der Waals surface area contributed by atoms with E-state index in [1.54, 1.807) is 26.0 Å². The van der Waals surface area contributed by atoms with Crippen LogP contribution in [-0.2, 0) is 33.5 Å². The number of carbonyl (C=O) groups is 2. The molecule has 37 heavy (non-hydrogen) atoms. The molecule has 10 heteroatoms. The van der Waals surface area contributed by atoms with Gasteiger partial charge in [0.15, 0.2) is 5.78 Å². The molecule has 2 heterocycles. The first-order valence-electron chi connectivity index (χ1n) is 12.2. The van der Waals surface area contributed by atoms with Crippen LogP contribution in [0.3, 0.4) is 0 Å². The molecule has 4 rings (SSSR count). The topological polar surface area (TPSA) is 147 Å². The molecule has 0 radical (unpaired) electrons. The summed E-state index contributed by atoms with van der Waals surface area (Å²) in [5.74, 6) is 0.340. The molecule has 0 aliphatic carbocycles. The average Bonchev–Trinajstić information content (AvgIpc) is 3.54. The minimum atomic E-state index is -1.14. The second-order valence-electron chi connectivity index (χ2n) is 9.10. The Hall–Kier alpha value is -4.02. The fourth-order valence-corrected chi connectivity index (χ4v) is 4.42. The van der Waals surface area contributed by atoms with E-state index >= 15 is 0 Å². The van der Waals surface area contributed by atoms with Gasteiger partial charge >= 0.3 is 5.97 Å². The van der Waals surface area contributed by atoms with Crippen LogP contribution >= 0.6 is 0 Å². The minimum Gasteiger partial charge on any atom is -0.465 e. The number of nitrogen functional groups attached to an aromatic ring is 1. The quantitative estimate of drug-likeness (QED) is 0.115. The van der Waals surface area contributed by atoms with Gasteiger partial charge in [0.2, 0.25) is 0 Å². The number of nitrogens with two attached hydrogens (primary N) is 1. The maximum atomic E-state index is 13.6. The van der Waals surface area contributed by atoms with Crippen molar-refractivity contribution in [2.45, 2.75) is 32.0 Å². The third-order valence-electron chi connectivity index (χ3n) is 6.65. The molecule has 0 spiro atoms. The number of fused-ring (bicyclic) bond motifs is 1. The zero-order valence-electron chi connectivity index (χ0n) is 21.3. The number of aryl methyl sites for hydroxylation is 1. The van der Waals surface area contributed by atoms with Gasteiger partial charge < -0.3 is 25.7 Å². The van der Waals surface area contributed by atoms with Gasteiger partial charge in [-0.05, 0) is 55.8 Å². The van der Waals surface area contributed by atoms with Crippen molar-refractivity contribution < 1.29 is 14.3 Å². The summed E-state index contributed by atoms with van der Waals surface area (Å²) in [6.45, 7) is 4.82. The summed E-state index contributed by atoms with van der Waals surface area (Å²) in [4.78, 5) is 30.5. The third-order valence-corrected chi connectivity index (χ3v) is 6.65. The van der Waals surface area contributed by atoms with E-state index in [0.29, 0.717) is 24.2 Å². The van der Waals surface area contributed by atoms with Crippen molar-refractivity contribution in [3.63, 3.8) is 0 Å². The van der Waals surface area contributed by atoms with Gasteiger partial charge in [-0.1, -0.05) is 18.2 Å². The summed E-state index contributed by atoms with van der Waals surface area (Å²) in [5, 5.41) is 17.2. The van der Waals surface area contributed by atoms with Gasteiger partial charge in [0, 0.05) is 24.8 Å². The lowest BCUT2D eigenvalue weighted by Crippen LogP contribution is -2.54. The number of nitrogens with one attached hydrogen (secondary N) is 4. The number of esters is 1. The molecule has 10 nitrogen and oxygen atoms in total. The first-order chi connectivity index (χ1) is 17.7. The summed E-state index contributed by atoms with van der Waals surface area (Å²) in [7, 11) is 1.95. The van der Waals surface area contributed by atoms with E-state index < -0.39 is 17.6 Å². The van der Waals surface area contributed by atoms with Crippen molar-refractivity contribution in [3.05, 3.63) is 71.6 Å². The van der Waals surface area contributed by atoms with Crippen LogP contribution in [0.25, 0.3) is 11.0 Å². The fourth-order valence-electron chi connectivity index (χ4n) is 4.42. The molecule has 6 N–H and O–H groups in total. The maximum absolute atomic E-state index is 13.6. The highest BCUT2D eigenvalue weighted by Crippen LogP contribution is 2.28. The Morgan fingerprint density at radius 3 is 2.68 bits per heavy atom. The Morgan fingerprint density at radius 2 is 2.03 bits per heavy atom. The van der Waals surface area contributed by atoms with Gasteiger partial charge in [-0.25, -0.2) is 4.98 Å². The van der Waals surface area contributed by atoms with Crippen molar-refractivity contribution in [2.24, 2.45) is 12.8 Å². The lowest BCUT2D eigenvalue weighted by molar-refractivity contribution is -0.142. The van der Waals surface area contributed by atoms with Crippen LogP contribution in [0, 0.1) is 5.41 Å². The fraction of sp³-hybridized carbons (Fsp3) is 0.333. The van der Waals surface area contributed by atoms with E-state index in [-0.39, 0.29) is 24.8 Å². The molecule has 194 valence electrons. The van der Waals surface area contributed by atoms with E-state index in [0.717, 1.165) is 22.5 Å². The first-order valence-corrected chi connectivity index (χ1v) is 12.2. The largest absolute Gasteiger partial charge is 0.465 e. The number of nitrogens with zero attached hydrogens (tertiary/aromatic N) is 2. The summed E-state index contributed by atoms with van der Waals surface area (Å²) >= 11 is 0. The number of Topliss-reactive ketones (excluding diaryl/α,β-unsaturated/α-hetero) is 1. The highest BCUT2D eigenvalue weighted by molar-refractivity contribution is 5.97. The van der Waals surface area contributed by atoms with E-state index in [2.05, 4.69) is 16.0 Å². The summed E-state index contributed by atoms with van der Waals surface area (Å²) in [6, 6.07) is 12.6. The van der Waals surface area contributed by atoms with Gasteiger partial charge in [-0.2, -0.15) is 0 Å². The van der Waals surface area contributed by atoms with Crippen LogP contribution in [0.4, 0.5) is 5.69 Å². The molecule has 0 bridgehead atoms. The first kappa shape index (κ1) is 26.1. The average molecular weight is 504 g/mol. The second-order valence-corrected chi connectivity index (χ2v) is 9.10. The molecule has 0 amide bonds. The molecule has 2 atom stereocenters. The van der Waals surface area contributed by atoms with Crippen molar-refractivity contribution >= 4 is 34.3 Å². The molecular weight excluding hydrogens is 470 g/mol. The number of amidine groups is 1. The number of hydrogen-bond donors (Lipinski definition) is 5. The van der Waals surface area contributed by atoms with Gasteiger partial charge in [0.05, 0.1) is 36.8 Å². The van der Waals surface area contributed by atoms with Crippen LogP contribution in [0.1, 0.15) is 30.8 Å². The van der Waals surface area contributed by atoms with Crippen molar-refractivity contribution in [1.82, 2.24) is 20.2 Å². The molecule has 3 aromatic rings. The molecule has 1 aliphatic rings. The molecule has 0 fully saturated rings. The normalized spacial score (nSPS) is 16.5. The Morgan fingerprint density at radius 1 is 1.27 bits per heavy atom. The number of rotatable bonds is 11. The SMILES string of the molecule is CCOC(=O)CNC(C)(C(=O)C1C=CCN1)c1ccc2c(c1)nc(CNc1ccc(C(=N)N)cc1)n2C. The van der Waals surface area contributed by atoms with E-state index in [1.165, 1.54) is 0 Å². The number of imidazole rings is 1. The number of ketones is 1. The van der Waals surface area contributed by atoms with Gasteiger partial charge in [0.25, 0.3) is 0 Å². The summed E-state index contributed by atoms with van der Waals surface area (Å²) < 4.78 is 7.07. The number of anilines is 1. The van der Waals surface area contributed by atoms with Crippen LogP contribution < -0.4 is 21.7 Å². The smallest absolute Gasteiger partial charge is 0.319 e. The number of hydrogen-bond acceptors (Lipinski definition) is 8. The molecule has 1 aliphatic heterocycles. The van der Waals surface area contributed by atoms with E-state index in [9.17, 15) is 9.59 Å². The number of carbonyl (C=O) groups excluding carboxylic acids is 2. The summed E-state index contributed by atoms with van der Waals surface area (Å²) in [6.07, 6.45) is 3.77. The van der Waals surface area contributed by atoms with Crippen molar-refractivity contribution in [2.75, 3.05) is 25.0 Å². The Balaban J connectivity index is 1.59. The lowest BCUT2D eigenvalue weighted by Gasteiger charge is -2.32. The Bertz CT molecular complexity index is 1350. The molecule has 0 saturated heterocycles. The van der Waals surface area contributed by atoms with Gasteiger partial charge in [0.1, 0.15) is 17.2 Å². The monoisotopic (exact) mass is 503 g/mol. The van der Waals surface area contributed by atoms with Crippen LogP contribution in [-0.4, -0.2) is 52.9 Å². The van der Waals surface area contributed by atoms with Crippen LogP contribution in [0.2, 0.25) is 0 Å². The molecule has 0 saturated carbocycles. The van der Waals surface area contributed by atoms with Gasteiger partial charge in [-0.15, -0.1) is 0 Å². The zero-order chi connectivity index (χ0) is 26.6. The van der Waals surface area contributed by atoms with E-state index in [4.69, 9.17) is 20.9 Å². The van der Waals surface area contributed by atoms with Crippen LogP contribution in [0.15, 0.2) is 54.6 Å². The highest BCUT2D eigenvalue weighted by Gasteiger charge is 2.39. The second kappa shape index (κ2) is 10.9. The number of ether oxygens (including phenoxy) is 1. The number of aromatic nitrogens is 2. The molecule has 2 aromatic carbocycles. The third kappa shape index (κ3) is 5.55. The lowest BCUT2D eigenvalue weighted by atomic mass is 9.84. The highest BCUT2D eigenvalue weighted by atomic mass is 16.5. The van der Waals surface area contributed by atoms with E-state index in [1.807, 2.05) is 54.1 Å². The molecule has 2 unspecified atom stereocenters. The number of benzene rings is 2. The molecule has 1 aromatic heterocycles. The zero-order valence-corrected chi connectivity index (χ0v) is 21.3. The Labute approximate surface area is 215 Å². The predicted octanol–water partition coefficient (Wildman–Crippen LogP) is 1.93. The predicted molar refractivity (Wildman–Crippen MR) is 143 cm³/mol. The van der Waals surface area contributed by atoms with Gasteiger partial charge in [-0.3, -0.25) is 20.3 Å². The standard InChI is InChI=1S/C27H33N7O3/c1-4-37-24(35)16-32-27(2,25(36)20-6-5-13-30-20)18-9-12-22-21(14-18)33-23(34(22)3)15-31-19-10-7-17(8-11-19)26(28)29/h5-12,14,20,30-32H,4,13,15-16H2,1-3H3,(H3,28,29).